The van der Waals surface area contributed by atoms with Crippen LogP contribution in [0.5, 0.6) is 0 Å². The zero-order chi connectivity index (χ0) is 10.8. The van der Waals surface area contributed by atoms with Crippen LogP contribution in [0.15, 0.2) is 41.0 Å². The average Bonchev–Trinajstić information content (AvgIpc) is 2.61. The molecular weight excluding hydrogens is 252 g/mol. The van der Waals surface area contributed by atoms with Gasteiger partial charge in [-0.25, -0.2) is 0 Å². The molecule has 74 valence electrons. The summed E-state index contributed by atoms with van der Waals surface area (Å²) in [6.07, 6.45) is 1.89. The summed E-state index contributed by atoms with van der Waals surface area (Å²) in [5, 5.41) is 8.96. The van der Waals surface area contributed by atoms with E-state index in [1.165, 1.54) is 5.56 Å². The van der Waals surface area contributed by atoms with Crippen LogP contribution in [0.4, 0.5) is 0 Å². The van der Waals surface area contributed by atoms with Crippen LogP contribution in [0.1, 0.15) is 11.3 Å². The van der Waals surface area contributed by atoms with Gasteiger partial charge in [0.1, 0.15) is 11.8 Å². The maximum absolute atomic E-state index is 8.96. The van der Waals surface area contributed by atoms with E-state index in [9.17, 15) is 0 Å². The molecule has 0 aliphatic heterocycles. The van der Waals surface area contributed by atoms with Crippen LogP contribution in [-0.2, 0) is 0 Å². The predicted molar refractivity (Wildman–Crippen MR) is 62.9 cm³/mol. The minimum absolute atomic E-state index is 0.630. The van der Waals surface area contributed by atoms with E-state index in [1.54, 1.807) is 6.07 Å². The molecule has 0 saturated carbocycles. The van der Waals surface area contributed by atoms with Crippen LogP contribution in [0.2, 0.25) is 0 Å². The molecular formula is C12H9BrN2. The van der Waals surface area contributed by atoms with E-state index in [-0.39, 0.29) is 0 Å². The summed E-state index contributed by atoms with van der Waals surface area (Å²) in [5.41, 5.74) is 2.84. The number of hydrogen-bond acceptors (Lipinski definition) is 1. The fourth-order valence-corrected chi connectivity index (χ4v) is 1.86. The molecule has 2 aromatic rings. The first-order valence-electron chi connectivity index (χ1n) is 4.56. The zero-order valence-corrected chi connectivity index (χ0v) is 9.82. The van der Waals surface area contributed by atoms with Crippen molar-refractivity contribution in [3.8, 4) is 11.8 Å². The van der Waals surface area contributed by atoms with Crippen LogP contribution in [0, 0.1) is 18.3 Å². The summed E-state index contributed by atoms with van der Waals surface area (Å²) >= 11 is 3.36. The minimum atomic E-state index is 0.630. The van der Waals surface area contributed by atoms with Crippen molar-refractivity contribution in [3.05, 3.63) is 52.3 Å². The molecule has 0 atom stereocenters. The Morgan fingerprint density at radius 1 is 1.27 bits per heavy atom. The summed E-state index contributed by atoms with van der Waals surface area (Å²) in [5.74, 6) is 0. The van der Waals surface area contributed by atoms with Gasteiger partial charge in [-0.1, -0.05) is 17.7 Å². The molecule has 0 saturated heterocycles. The first kappa shape index (κ1) is 10.0. The fraction of sp³-hybridized carbons (Fsp3) is 0.0833. The molecule has 3 heteroatoms. The Bertz CT molecular complexity index is 518. The number of aromatic nitrogens is 1. The van der Waals surface area contributed by atoms with Crippen LogP contribution in [-0.4, -0.2) is 4.57 Å². The second-order valence-electron chi connectivity index (χ2n) is 3.36. The SMILES string of the molecule is Cc1ccc(-n2cc(Br)cc2C#N)cc1. The number of benzene rings is 1. The van der Waals surface area contributed by atoms with E-state index in [0.29, 0.717) is 5.69 Å². The second-order valence-corrected chi connectivity index (χ2v) is 4.28. The first-order chi connectivity index (χ1) is 7.20. The summed E-state index contributed by atoms with van der Waals surface area (Å²) in [7, 11) is 0. The van der Waals surface area contributed by atoms with Crippen molar-refractivity contribution < 1.29 is 0 Å². The molecule has 0 unspecified atom stereocenters. The van der Waals surface area contributed by atoms with Gasteiger partial charge in [0.2, 0.25) is 0 Å². The van der Waals surface area contributed by atoms with Gasteiger partial charge in [-0.15, -0.1) is 0 Å². The van der Waals surface area contributed by atoms with Crippen molar-refractivity contribution >= 4 is 15.9 Å². The maximum atomic E-state index is 8.96. The number of nitriles is 1. The van der Waals surface area contributed by atoms with Gasteiger partial charge in [0.15, 0.2) is 0 Å². The van der Waals surface area contributed by atoms with Crippen LogP contribution >= 0.6 is 15.9 Å². The number of nitrogens with zero attached hydrogens (tertiary/aromatic N) is 2. The molecule has 2 rings (SSSR count). The Morgan fingerprint density at radius 3 is 2.53 bits per heavy atom. The van der Waals surface area contributed by atoms with Gasteiger partial charge in [-0.2, -0.15) is 5.26 Å². The highest BCUT2D eigenvalue weighted by Crippen LogP contribution is 2.19. The lowest BCUT2D eigenvalue weighted by Gasteiger charge is -2.04. The molecule has 1 heterocycles. The molecule has 1 aromatic heterocycles. The molecule has 0 bridgehead atoms. The standard InChI is InChI=1S/C12H9BrN2/c1-9-2-4-11(5-3-9)15-8-10(13)6-12(15)7-14/h2-6,8H,1H3. The van der Waals surface area contributed by atoms with Gasteiger partial charge in [-0.05, 0) is 41.1 Å². The van der Waals surface area contributed by atoms with E-state index < -0.39 is 0 Å². The Labute approximate surface area is 96.9 Å². The van der Waals surface area contributed by atoms with Crippen molar-refractivity contribution in [2.75, 3.05) is 0 Å². The lowest BCUT2D eigenvalue weighted by atomic mass is 10.2. The van der Waals surface area contributed by atoms with E-state index in [2.05, 4.69) is 22.0 Å². The third-order valence-corrected chi connectivity index (χ3v) is 2.65. The molecule has 1 aromatic carbocycles. The van der Waals surface area contributed by atoms with Gasteiger partial charge < -0.3 is 4.57 Å². The molecule has 0 N–H and O–H groups in total. The average molecular weight is 261 g/mol. The lowest BCUT2D eigenvalue weighted by Crippen LogP contribution is -1.94. The molecule has 0 aliphatic carbocycles. The number of rotatable bonds is 1. The number of aryl methyl sites for hydroxylation is 1. The van der Waals surface area contributed by atoms with E-state index in [1.807, 2.05) is 42.0 Å². The van der Waals surface area contributed by atoms with Gasteiger partial charge in [-0.3, -0.25) is 0 Å². The van der Waals surface area contributed by atoms with Gasteiger partial charge in [0, 0.05) is 16.4 Å². The molecule has 0 spiro atoms. The summed E-state index contributed by atoms with van der Waals surface area (Å²) in [6, 6.07) is 12.0. The first-order valence-corrected chi connectivity index (χ1v) is 5.35. The minimum Gasteiger partial charge on any atom is -0.307 e. The molecule has 0 fully saturated rings. The fourth-order valence-electron chi connectivity index (χ4n) is 1.44. The smallest absolute Gasteiger partial charge is 0.125 e. The van der Waals surface area contributed by atoms with Gasteiger partial charge in [0.05, 0.1) is 0 Å². The molecule has 0 aliphatic rings. The van der Waals surface area contributed by atoms with Crippen molar-refractivity contribution in [2.24, 2.45) is 0 Å². The largest absolute Gasteiger partial charge is 0.307 e. The Morgan fingerprint density at radius 2 is 1.93 bits per heavy atom. The highest BCUT2D eigenvalue weighted by molar-refractivity contribution is 9.10. The number of halogens is 1. The topological polar surface area (TPSA) is 28.7 Å². The van der Waals surface area contributed by atoms with Crippen molar-refractivity contribution in [3.63, 3.8) is 0 Å². The molecule has 0 radical (unpaired) electrons. The monoisotopic (exact) mass is 260 g/mol. The quantitative estimate of drug-likeness (QED) is 0.773. The molecule has 2 nitrogen and oxygen atoms in total. The summed E-state index contributed by atoms with van der Waals surface area (Å²) in [4.78, 5) is 0. The van der Waals surface area contributed by atoms with Crippen LogP contribution < -0.4 is 0 Å². The van der Waals surface area contributed by atoms with Crippen molar-refractivity contribution in [2.45, 2.75) is 6.92 Å². The van der Waals surface area contributed by atoms with Gasteiger partial charge >= 0.3 is 0 Å². The van der Waals surface area contributed by atoms with E-state index in [4.69, 9.17) is 5.26 Å². The molecule has 15 heavy (non-hydrogen) atoms. The summed E-state index contributed by atoms with van der Waals surface area (Å²) < 4.78 is 2.78. The Kier molecular flexibility index (Phi) is 2.61. The third-order valence-electron chi connectivity index (χ3n) is 2.21. The van der Waals surface area contributed by atoms with Crippen molar-refractivity contribution in [1.29, 1.82) is 5.26 Å². The normalized spacial score (nSPS) is 9.93. The Balaban J connectivity index is 2.54. The third kappa shape index (κ3) is 1.95. The molecule has 0 amide bonds. The van der Waals surface area contributed by atoms with Gasteiger partial charge in [0.25, 0.3) is 0 Å². The maximum Gasteiger partial charge on any atom is 0.125 e. The van der Waals surface area contributed by atoms with E-state index in [0.717, 1.165) is 10.2 Å². The number of hydrogen-bond donors (Lipinski definition) is 0. The Hall–Kier alpha value is -1.53. The zero-order valence-electron chi connectivity index (χ0n) is 8.24. The highest BCUT2D eigenvalue weighted by atomic mass is 79.9. The predicted octanol–water partition coefficient (Wildman–Crippen LogP) is 3.42. The lowest BCUT2D eigenvalue weighted by molar-refractivity contribution is 1.05. The summed E-state index contributed by atoms with van der Waals surface area (Å²) in [6.45, 7) is 2.04. The van der Waals surface area contributed by atoms with Crippen LogP contribution in [0.3, 0.4) is 0 Å². The highest BCUT2D eigenvalue weighted by Gasteiger charge is 2.04. The van der Waals surface area contributed by atoms with Crippen molar-refractivity contribution in [1.82, 2.24) is 4.57 Å². The second kappa shape index (κ2) is 3.92. The van der Waals surface area contributed by atoms with Crippen LogP contribution in [0.25, 0.3) is 5.69 Å². The van der Waals surface area contributed by atoms with E-state index >= 15 is 0 Å².